The molecule has 0 spiro atoms. The number of nitrogens with zero attached hydrogens (tertiary/aromatic N) is 4. The molecule has 0 unspecified atom stereocenters. The van der Waals surface area contributed by atoms with Crippen molar-refractivity contribution in [2.75, 3.05) is 13.1 Å². The highest BCUT2D eigenvalue weighted by Gasteiger charge is 2.38. The van der Waals surface area contributed by atoms with Crippen LogP contribution in [0.3, 0.4) is 0 Å². The minimum Gasteiger partial charge on any atom is -0.489 e. The van der Waals surface area contributed by atoms with Crippen LogP contribution in [-0.4, -0.2) is 45.1 Å². The molecule has 0 saturated carbocycles. The molecular weight excluding hydrogens is 389 g/mol. The second-order valence-electron chi connectivity index (χ2n) is 6.44. The van der Waals surface area contributed by atoms with E-state index >= 15 is 0 Å². The summed E-state index contributed by atoms with van der Waals surface area (Å²) in [6.45, 7) is 0.984. The van der Waals surface area contributed by atoms with Crippen molar-refractivity contribution in [3.63, 3.8) is 0 Å². The van der Waals surface area contributed by atoms with E-state index in [-0.39, 0.29) is 17.8 Å². The van der Waals surface area contributed by atoms with Gasteiger partial charge in [-0.05, 0) is 36.4 Å². The number of carbonyl (C=O) groups is 1. The Hall–Kier alpha value is -3.43. The summed E-state index contributed by atoms with van der Waals surface area (Å²) in [6.07, 6.45) is -2.63. The third-order valence-corrected chi connectivity index (χ3v) is 4.40. The Balaban J connectivity index is 1.37. The number of amides is 1. The van der Waals surface area contributed by atoms with Gasteiger partial charge in [-0.15, -0.1) is 0 Å². The van der Waals surface area contributed by atoms with Crippen LogP contribution in [0.1, 0.15) is 22.8 Å². The van der Waals surface area contributed by atoms with Crippen molar-refractivity contribution in [1.29, 1.82) is 0 Å². The van der Waals surface area contributed by atoms with Gasteiger partial charge in [0.15, 0.2) is 0 Å². The van der Waals surface area contributed by atoms with Crippen molar-refractivity contribution in [1.82, 2.24) is 20.0 Å². The Bertz CT molecular complexity index is 990. The molecule has 1 amide bonds. The summed E-state index contributed by atoms with van der Waals surface area (Å²) < 4.78 is 47.8. The van der Waals surface area contributed by atoms with E-state index in [9.17, 15) is 18.0 Å². The van der Waals surface area contributed by atoms with Crippen molar-refractivity contribution < 1.29 is 27.2 Å². The zero-order valence-corrected chi connectivity index (χ0v) is 15.0. The lowest BCUT2D eigenvalue weighted by molar-refractivity contribution is -0.159. The van der Waals surface area contributed by atoms with Crippen LogP contribution < -0.4 is 4.74 Å². The Labute approximate surface area is 163 Å². The molecule has 0 radical (unpaired) electrons. The van der Waals surface area contributed by atoms with Crippen molar-refractivity contribution >= 4 is 5.91 Å². The predicted molar refractivity (Wildman–Crippen MR) is 93.9 cm³/mol. The number of benzene rings is 1. The number of likely N-dealkylation sites (tertiary alicyclic amines) is 1. The second-order valence-corrected chi connectivity index (χ2v) is 6.44. The van der Waals surface area contributed by atoms with E-state index in [2.05, 4.69) is 19.6 Å². The van der Waals surface area contributed by atoms with Gasteiger partial charge in [0.1, 0.15) is 17.5 Å². The molecule has 2 aromatic heterocycles. The van der Waals surface area contributed by atoms with Crippen LogP contribution in [-0.2, 0) is 6.18 Å². The van der Waals surface area contributed by atoms with E-state index in [4.69, 9.17) is 4.74 Å². The van der Waals surface area contributed by atoms with E-state index in [1.807, 2.05) is 0 Å². The summed E-state index contributed by atoms with van der Waals surface area (Å²) in [5.41, 5.74) is 0.755. The maximum Gasteiger partial charge on any atom is 0.471 e. The van der Waals surface area contributed by atoms with Crippen LogP contribution in [0, 0.1) is 0 Å². The Kier molecular flexibility index (Phi) is 4.91. The standard InChI is InChI=1S/C19H15F3N4O3/c20-19(21,22)18-24-16(25-29-18)12-4-6-13(7-5-12)28-14-8-10-26(11-14)17(27)15-3-1-2-9-23-15/h1-7,9,14H,8,10-11H2/t14-/m1/s1. The van der Waals surface area contributed by atoms with Crippen molar-refractivity contribution in [3.8, 4) is 17.1 Å². The molecule has 1 aliphatic heterocycles. The number of hydrogen-bond acceptors (Lipinski definition) is 6. The zero-order valence-electron chi connectivity index (χ0n) is 15.0. The molecule has 29 heavy (non-hydrogen) atoms. The molecule has 1 saturated heterocycles. The number of alkyl halides is 3. The molecule has 0 N–H and O–H groups in total. The van der Waals surface area contributed by atoms with Gasteiger partial charge in [0.2, 0.25) is 5.82 Å². The molecule has 1 aromatic carbocycles. The highest BCUT2D eigenvalue weighted by atomic mass is 19.4. The molecule has 7 nitrogen and oxygen atoms in total. The molecule has 1 atom stereocenters. The van der Waals surface area contributed by atoms with Crippen molar-refractivity contribution in [3.05, 3.63) is 60.2 Å². The summed E-state index contributed by atoms with van der Waals surface area (Å²) in [4.78, 5) is 21.5. The minimum absolute atomic E-state index is 0.148. The Morgan fingerprint density at radius 1 is 1.17 bits per heavy atom. The highest BCUT2D eigenvalue weighted by Crippen LogP contribution is 2.30. The van der Waals surface area contributed by atoms with Crippen molar-refractivity contribution in [2.24, 2.45) is 0 Å². The highest BCUT2D eigenvalue weighted by molar-refractivity contribution is 5.92. The quantitative estimate of drug-likeness (QED) is 0.663. The van der Waals surface area contributed by atoms with Crippen LogP contribution in [0.4, 0.5) is 13.2 Å². The molecule has 1 aliphatic rings. The SMILES string of the molecule is O=C(c1ccccn1)N1CC[C@@H](Oc2ccc(-c3noc(C(F)(F)F)n3)cc2)C1. The van der Waals surface area contributed by atoms with E-state index in [1.165, 1.54) is 0 Å². The van der Waals surface area contributed by atoms with Crippen LogP contribution in [0.15, 0.2) is 53.2 Å². The normalized spacial score (nSPS) is 16.8. The third-order valence-electron chi connectivity index (χ3n) is 4.40. The first-order valence-corrected chi connectivity index (χ1v) is 8.78. The zero-order chi connectivity index (χ0) is 20.4. The molecule has 0 aliphatic carbocycles. The van der Waals surface area contributed by atoms with Gasteiger partial charge in [-0.1, -0.05) is 11.2 Å². The first-order chi connectivity index (χ1) is 13.9. The minimum atomic E-state index is -4.69. The molecule has 150 valence electrons. The summed E-state index contributed by atoms with van der Waals surface area (Å²) in [5.74, 6) is -1.16. The smallest absolute Gasteiger partial charge is 0.471 e. The van der Waals surface area contributed by atoms with Crippen LogP contribution in [0.5, 0.6) is 5.75 Å². The maximum atomic E-state index is 12.6. The van der Waals surface area contributed by atoms with E-state index in [0.29, 0.717) is 36.5 Å². The van der Waals surface area contributed by atoms with Crippen molar-refractivity contribution in [2.45, 2.75) is 18.7 Å². The molecule has 4 rings (SSSR count). The maximum absolute atomic E-state index is 12.6. The molecule has 3 heterocycles. The summed E-state index contributed by atoms with van der Waals surface area (Å²) in [7, 11) is 0. The fourth-order valence-electron chi connectivity index (χ4n) is 2.99. The Morgan fingerprint density at radius 3 is 2.62 bits per heavy atom. The lowest BCUT2D eigenvalue weighted by atomic mass is 10.2. The third kappa shape index (κ3) is 4.20. The average molecular weight is 404 g/mol. The first kappa shape index (κ1) is 18.9. The fraction of sp³-hybridized carbons (Fsp3) is 0.263. The topological polar surface area (TPSA) is 81.4 Å². The number of carbonyl (C=O) groups excluding carboxylic acids is 1. The number of rotatable bonds is 4. The van der Waals surface area contributed by atoms with Gasteiger partial charge < -0.3 is 14.2 Å². The predicted octanol–water partition coefficient (Wildman–Crippen LogP) is 3.44. The number of aromatic nitrogens is 3. The largest absolute Gasteiger partial charge is 0.489 e. The van der Waals surface area contributed by atoms with Gasteiger partial charge in [-0.25, -0.2) is 0 Å². The van der Waals surface area contributed by atoms with Gasteiger partial charge in [-0.3, -0.25) is 9.78 Å². The van der Waals surface area contributed by atoms with Gasteiger partial charge in [-0.2, -0.15) is 18.2 Å². The molecular formula is C19H15F3N4O3. The summed E-state index contributed by atoms with van der Waals surface area (Å²) >= 11 is 0. The second kappa shape index (κ2) is 7.53. The van der Waals surface area contributed by atoms with Gasteiger partial charge in [0.25, 0.3) is 5.91 Å². The molecule has 3 aromatic rings. The molecule has 0 bridgehead atoms. The van der Waals surface area contributed by atoms with E-state index < -0.39 is 12.1 Å². The first-order valence-electron chi connectivity index (χ1n) is 8.78. The van der Waals surface area contributed by atoms with E-state index in [0.717, 1.165) is 0 Å². The number of pyridine rings is 1. The van der Waals surface area contributed by atoms with Crippen LogP contribution in [0.25, 0.3) is 11.4 Å². The fourth-order valence-corrected chi connectivity index (χ4v) is 2.99. The van der Waals surface area contributed by atoms with Crippen LogP contribution in [0.2, 0.25) is 0 Å². The van der Waals surface area contributed by atoms with E-state index in [1.54, 1.807) is 53.6 Å². The monoisotopic (exact) mass is 404 g/mol. The molecule has 10 heteroatoms. The van der Waals surface area contributed by atoms with Gasteiger partial charge in [0, 0.05) is 24.7 Å². The Morgan fingerprint density at radius 2 is 1.97 bits per heavy atom. The van der Waals surface area contributed by atoms with Gasteiger partial charge in [0.05, 0.1) is 6.54 Å². The average Bonchev–Trinajstić information content (AvgIpc) is 3.38. The lowest BCUT2D eigenvalue weighted by Gasteiger charge is -2.17. The summed E-state index contributed by atoms with van der Waals surface area (Å²) in [5, 5.41) is 3.35. The number of halogens is 3. The number of ether oxygens (including phenoxy) is 1. The van der Waals surface area contributed by atoms with Gasteiger partial charge >= 0.3 is 12.1 Å². The number of hydrogen-bond donors (Lipinski definition) is 0. The lowest BCUT2D eigenvalue weighted by Crippen LogP contribution is -2.31. The molecule has 1 fully saturated rings. The summed E-state index contributed by atoms with van der Waals surface area (Å²) in [6, 6.07) is 11.5. The van der Waals surface area contributed by atoms with Crippen LogP contribution >= 0.6 is 0 Å².